The van der Waals surface area contributed by atoms with Gasteiger partial charge in [-0.1, -0.05) is 0 Å². The summed E-state index contributed by atoms with van der Waals surface area (Å²) in [6, 6.07) is 6.63. The summed E-state index contributed by atoms with van der Waals surface area (Å²) in [6.07, 6.45) is 2.28. The van der Waals surface area contributed by atoms with Crippen LogP contribution in [0.2, 0.25) is 0 Å². The fourth-order valence-corrected chi connectivity index (χ4v) is 1.76. The van der Waals surface area contributed by atoms with Crippen molar-refractivity contribution < 1.29 is 9.72 Å². The lowest BCUT2D eigenvalue weighted by Gasteiger charge is -2.03. The smallest absolute Gasteiger partial charge is 0.271 e. The summed E-state index contributed by atoms with van der Waals surface area (Å²) in [5.41, 5.74) is 0.862. The van der Waals surface area contributed by atoms with Crippen molar-refractivity contribution in [2.24, 2.45) is 0 Å². The second kappa shape index (κ2) is 4.37. The van der Waals surface area contributed by atoms with E-state index in [0.29, 0.717) is 13.0 Å². The predicted octanol–water partition coefficient (Wildman–Crippen LogP) is 2.53. The molecule has 0 atom stereocenters. The van der Waals surface area contributed by atoms with Gasteiger partial charge in [-0.25, -0.2) is 0 Å². The Hall–Kier alpha value is -2.17. The molecule has 0 spiro atoms. The molecule has 0 amide bonds. The number of nitro groups is 1. The molecule has 1 aromatic heterocycles. The number of ketones is 1. The number of non-ortho nitro benzene ring substituents is 1. The number of carbonyl (C=O) groups excluding carboxylic acids is 1. The van der Waals surface area contributed by atoms with Crippen LogP contribution in [0.1, 0.15) is 13.3 Å². The normalized spacial score (nSPS) is 10.6. The zero-order chi connectivity index (χ0) is 12.4. The van der Waals surface area contributed by atoms with Crippen molar-refractivity contribution in [3.05, 3.63) is 40.6 Å². The summed E-state index contributed by atoms with van der Waals surface area (Å²) in [5, 5.41) is 11.6. The first kappa shape index (κ1) is 11.3. The first-order valence-electron chi connectivity index (χ1n) is 5.30. The third-order valence-corrected chi connectivity index (χ3v) is 2.67. The molecule has 0 aliphatic rings. The number of aromatic nitrogens is 1. The van der Waals surface area contributed by atoms with Crippen LogP contribution in [0.15, 0.2) is 30.5 Å². The summed E-state index contributed by atoms with van der Waals surface area (Å²) in [5.74, 6) is 0.109. The monoisotopic (exact) mass is 232 g/mol. The number of rotatable bonds is 4. The first-order chi connectivity index (χ1) is 8.08. The van der Waals surface area contributed by atoms with Gasteiger partial charge < -0.3 is 4.57 Å². The van der Waals surface area contributed by atoms with Crippen LogP contribution in [0.3, 0.4) is 0 Å². The van der Waals surface area contributed by atoms with Crippen molar-refractivity contribution in [1.29, 1.82) is 0 Å². The van der Waals surface area contributed by atoms with Gasteiger partial charge in [0.05, 0.1) is 10.4 Å². The minimum Gasteiger partial charge on any atom is -0.347 e. The topological polar surface area (TPSA) is 65.1 Å². The number of hydrogen-bond acceptors (Lipinski definition) is 3. The van der Waals surface area contributed by atoms with E-state index in [4.69, 9.17) is 0 Å². The molecule has 0 bridgehead atoms. The van der Waals surface area contributed by atoms with Crippen molar-refractivity contribution in [3.63, 3.8) is 0 Å². The van der Waals surface area contributed by atoms with Crippen molar-refractivity contribution in [2.45, 2.75) is 19.9 Å². The fourth-order valence-electron chi connectivity index (χ4n) is 1.76. The highest BCUT2D eigenvalue weighted by Crippen LogP contribution is 2.22. The molecule has 17 heavy (non-hydrogen) atoms. The second-order valence-electron chi connectivity index (χ2n) is 3.96. The van der Waals surface area contributed by atoms with E-state index in [1.807, 2.05) is 16.8 Å². The number of hydrogen-bond donors (Lipinski definition) is 0. The molecule has 0 fully saturated rings. The van der Waals surface area contributed by atoms with E-state index in [1.165, 1.54) is 19.1 Å². The first-order valence-corrected chi connectivity index (χ1v) is 5.30. The van der Waals surface area contributed by atoms with Gasteiger partial charge in [-0.15, -0.1) is 0 Å². The Kier molecular flexibility index (Phi) is 2.91. The van der Waals surface area contributed by atoms with Gasteiger partial charge in [0.2, 0.25) is 0 Å². The number of fused-ring (bicyclic) bond motifs is 1. The molecular weight excluding hydrogens is 220 g/mol. The van der Waals surface area contributed by atoms with Gasteiger partial charge in [-0.2, -0.15) is 0 Å². The molecule has 5 heteroatoms. The van der Waals surface area contributed by atoms with Crippen LogP contribution in [-0.4, -0.2) is 15.3 Å². The average Bonchev–Trinajstić information content (AvgIpc) is 2.68. The number of benzene rings is 1. The fraction of sp³-hybridized carbons (Fsp3) is 0.250. The van der Waals surface area contributed by atoms with Crippen LogP contribution in [0, 0.1) is 10.1 Å². The predicted molar refractivity (Wildman–Crippen MR) is 63.9 cm³/mol. The lowest BCUT2D eigenvalue weighted by atomic mass is 10.2. The Morgan fingerprint density at radius 3 is 2.82 bits per heavy atom. The molecule has 0 aliphatic carbocycles. The van der Waals surface area contributed by atoms with E-state index in [0.717, 1.165) is 10.9 Å². The lowest BCUT2D eigenvalue weighted by Crippen LogP contribution is -2.01. The Balaban J connectivity index is 2.39. The molecule has 1 aromatic carbocycles. The van der Waals surface area contributed by atoms with Crippen LogP contribution in [-0.2, 0) is 11.3 Å². The molecule has 2 rings (SSSR count). The summed E-state index contributed by atoms with van der Waals surface area (Å²) in [7, 11) is 0. The Morgan fingerprint density at radius 1 is 1.41 bits per heavy atom. The van der Waals surface area contributed by atoms with Gasteiger partial charge in [0.1, 0.15) is 5.78 Å². The van der Waals surface area contributed by atoms with Crippen LogP contribution in [0.25, 0.3) is 10.9 Å². The highest BCUT2D eigenvalue weighted by molar-refractivity contribution is 5.82. The molecule has 1 heterocycles. The molecule has 0 unspecified atom stereocenters. The Labute approximate surface area is 97.8 Å². The van der Waals surface area contributed by atoms with Gasteiger partial charge in [0.25, 0.3) is 5.69 Å². The summed E-state index contributed by atoms with van der Waals surface area (Å²) in [6.45, 7) is 2.09. The average molecular weight is 232 g/mol. The molecule has 0 saturated heterocycles. The molecule has 88 valence electrons. The molecule has 2 aromatic rings. The van der Waals surface area contributed by atoms with E-state index >= 15 is 0 Å². The molecule has 0 radical (unpaired) electrons. The highest BCUT2D eigenvalue weighted by atomic mass is 16.6. The van der Waals surface area contributed by atoms with Gasteiger partial charge in [-0.05, 0) is 19.1 Å². The quantitative estimate of drug-likeness (QED) is 0.601. The minimum atomic E-state index is -0.415. The number of nitrogens with zero attached hydrogens (tertiary/aromatic N) is 2. The van der Waals surface area contributed by atoms with Crippen LogP contribution < -0.4 is 0 Å². The van der Waals surface area contributed by atoms with E-state index in [-0.39, 0.29) is 11.5 Å². The summed E-state index contributed by atoms with van der Waals surface area (Å²) < 4.78 is 1.86. The zero-order valence-electron chi connectivity index (χ0n) is 9.42. The van der Waals surface area contributed by atoms with Crippen molar-refractivity contribution in [3.8, 4) is 0 Å². The third kappa shape index (κ3) is 2.33. The maximum absolute atomic E-state index is 10.9. The van der Waals surface area contributed by atoms with Crippen LogP contribution >= 0.6 is 0 Å². The maximum Gasteiger partial charge on any atom is 0.271 e. The van der Waals surface area contributed by atoms with Crippen molar-refractivity contribution >= 4 is 22.4 Å². The van der Waals surface area contributed by atoms with Crippen molar-refractivity contribution in [1.82, 2.24) is 4.57 Å². The van der Waals surface area contributed by atoms with Gasteiger partial charge >= 0.3 is 0 Å². The Bertz CT molecular complexity index is 586. The van der Waals surface area contributed by atoms with Crippen molar-refractivity contribution in [2.75, 3.05) is 0 Å². The molecule has 5 nitrogen and oxygen atoms in total. The van der Waals surface area contributed by atoms with E-state index < -0.39 is 4.92 Å². The van der Waals surface area contributed by atoms with Crippen LogP contribution in [0.5, 0.6) is 0 Å². The summed E-state index contributed by atoms with van der Waals surface area (Å²) in [4.78, 5) is 21.2. The van der Waals surface area contributed by atoms with E-state index in [1.54, 1.807) is 6.07 Å². The van der Waals surface area contributed by atoms with Gasteiger partial charge in [-0.3, -0.25) is 14.9 Å². The lowest BCUT2D eigenvalue weighted by molar-refractivity contribution is -0.384. The molecule has 0 saturated carbocycles. The molecular formula is C12H12N2O3. The summed E-state index contributed by atoms with van der Waals surface area (Å²) >= 11 is 0. The largest absolute Gasteiger partial charge is 0.347 e. The molecule has 0 aliphatic heterocycles. The minimum absolute atomic E-state index is 0.0697. The third-order valence-electron chi connectivity index (χ3n) is 2.67. The number of aryl methyl sites for hydroxylation is 1. The molecule has 0 N–H and O–H groups in total. The highest BCUT2D eigenvalue weighted by Gasteiger charge is 2.09. The number of carbonyl (C=O) groups is 1. The standard InChI is InChI=1S/C12H12N2O3/c1-9(15)4-6-13-7-5-10-2-3-11(14(16)17)8-12(10)13/h2-3,5,7-8H,4,6H2,1H3. The van der Waals surface area contributed by atoms with Crippen LogP contribution in [0.4, 0.5) is 5.69 Å². The zero-order valence-corrected chi connectivity index (χ0v) is 9.42. The number of nitro benzene ring substituents is 1. The van der Waals surface area contributed by atoms with E-state index in [2.05, 4.69) is 0 Å². The Morgan fingerprint density at radius 2 is 2.18 bits per heavy atom. The second-order valence-corrected chi connectivity index (χ2v) is 3.96. The SMILES string of the molecule is CC(=O)CCn1ccc2ccc([N+](=O)[O-])cc21. The van der Waals surface area contributed by atoms with E-state index in [9.17, 15) is 14.9 Å². The van der Waals surface area contributed by atoms with Gasteiger partial charge in [0.15, 0.2) is 0 Å². The number of Topliss-reactive ketones (excluding diaryl/α,β-unsaturated/α-hetero) is 1. The maximum atomic E-state index is 10.9. The van der Waals surface area contributed by atoms with Gasteiger partial charge in [0, 0.05) is 36.7 Å².